The minimum Gasteiger partial charge on any atom is -0.487 e. The molecule has 0 spiro atoms. The highest BCUT2D eigenvalue weighted by Gasteiger charge is 2.17. The fourth-order valence-electron chi connectivity index (χ4n) is 2.62. The molecule has 0 amide bonds. The average molecular weight is 337 g/mol. The third-order valence-electron chi connectivity index (χ3n) is 3.87. The van der Waals surface area contributed by atoms with Crippen LogP contribution in [0.4, 0.5) is 13.2 Å². The van der Waals surface area contributed by atoms with Gasteiger partial charge >= 0.3 is 0 Å². The Bertz CT molecular complexity index is 682. The minimum atomic E-state index is -1.45. The summed E-state index contributed by atoms with van der Waals surface area (Å²) < 4.78 is 45.3. The van der Waals surface area contributed by atoms with Crippen LogP contribution in [0.1, 0.15) is 17.5 Å². The SMILES string of the molecule is Fc1cc(CNCc2ccncc2O[C@H]2CCNC2)cc(F)c1F. The average Bonchev–Trinajstić information content (AvgIpc) is 3.07. The molecule has 4 nitrogen and oxygen atoms in total. The van der Waals surface area contributed by atoms with Crippen LogP contribution >= 0.6 is 0 Å². The third-order valence-corrected chi connectivity index (χ3v) is 3.87. The highest BCUT2D eigenvalue weighted by molar-refractivity contribution is 5.30. The second-order valence-electron chi connectivity index (χ2n) is 5.69. The summed E-state index contributed by atoms with van der Waals surface area (Å²) in [5, 5.41) is 6.31. The van der Waals surface area contributed by atoms with Gasteiger partial charge in [-0.2, -0.15) is 0 Å². The molecule has 7 heteroatoms. The van der Waals surface area contributed by atoms with E-state index in [1.54, 1.807) is 12.4 Å². The van der Waals surface area contributed by atoms with Crippen LogP contribution in [-0.4, -0.2) is 24.2 Å². The van der Waals surface area contributed by atoms with Crippen molar-refractivity contribution in [1.29, 1.82) is 0 Å². The Morgan fingerprint density at radius 2 is 2.00 bits per heavy atom. The Balaban J connectivity index is 1.60. The molecule has 1 aliphatic rings. The Hall–Kier alpha value is -2.12. The van der Waals surface area contributed by atoms with Crippen molar-refractivity contribution in [1.82, 2.24) is 15.6 Å². The van der Waals surface area contributed by atoms with E-state index in [-0.39, 0.29) is 12.6 Å². The van der Waals surface area contributed by atoms with Gasteiger partial charge in [0.05, 0.1) is 6.20 Å². The molecule has 1 saturated heterocycles. The number of nitrogens with zero attached hydrogens (tertiary/aromatic N) is 1. The van der Waals surface area contributed by atoms with Gasteiger partial charge in [0, 0.05) is 31.4 Å². The first-order chi connectivity index (χ1) is 11.6. The van der Waals surface area contributed by atoms with Gasteiger partial charge in [0.25, 0.3) is 0 Å². The first kappa shape index (κ1) is 16.7. The van der Waals surface area contributed by atoms with Crippen LogP contribution in [0, 0.1) is 17.5 Å². The number of ether oxygens (including phenoxy) is 1. The van der Waals surface area contributed by atoms with Gasteiger partial charge in [0.1, 0.15) is 11.9 Å². The second-order valence-corrected chi connectivity index (χ2v) is 5.69. The Kier molecular flexibility index (Phi) is 5.32. The summed E-state index contributed by atoms with van der Waals surface area (Å²) in [5.74, 6) is -3.13. The van der Waals surface area contributed by atoms with Crippen LogP contribution in [0.15, 0.2) is 30.6 Å². The number of hydrogen-bond donors (Lipinski definition) is 2. The van der Waals surface area contributed by atoms with Crippen LogP contribution in [-0.2, 0) is 13.1 Å². The standard InChI is InChI=1S/C17H18F3N3O/c18-14-5-11(6-15(19)17(14)20)7-23-8-12-1-3-22-10-16(12)24-13-2-4-21-9-13/h1,3,5-6,10,13,21,23H,2,4,7-9H2/t13-/m0/s1. The summed E-state index contributed by atoms with van der Waals surface area (Å²) >= 11 is 0. The number of pyridine rings is 1. The maximum absolute atomic E-state index is 13.2. The van der Waals surface area contributed by atoms with E-state index < -0.39 is 17.5 Å². The molecule has 0 radical (unpaired) electrons. The van der Waals surface area contributed by atoms with Crippen molar-refractivity contribution in [2.75, 3.05) is 13.1 Å². The van der Waals surface area contributed by atoms with E-state index in [0.717, 1.165) is 37.2 Å². The van der Waals surface area contributed by atoms with Gasteiger partial charge in [-0.1, -0.05) is 0 Å². The van der Waals surface area contributed by atoms with Crippen LogP contribution in [0.2, 0.25) is 0 Å². The summed E-state index contributed by atoms with van der Waals surface area (Å²) in [7, 11) is 0. The molecule has 0 bridgehead atoms. The van der Waals surface area contributed by atoms with Crippen LogP contribution in [0.5, 0.6) is 5.75 Å². The topological polar surface area (TPSA) is 46.2 Å². The largest absolute Gasteiger partial charge is 0.487 e. The van der Waals surface area contributed by atoms with Crippen molar-refractivity contribution in [3.8, 4) is 5.75 Å². The van der Waals surface area contributed by atoms with Gasteiger partial charge in [0.15, 0.2) is 17.5 Å². The minimum absolute atomic E-state index is 0.119. The zero-order valence-corrected chi connectivity index (χ0v) is 13.0. The van der Waals surface area contributed by atoms with Crippen LogP contribution in [0.3, 0.4) is 0 Å². The van der Waals surface area contributed by atoms with E-state index in [4.69, 9.17) is 4.74 Å². The monoisotopic (exact) mass is 337 g/mol. The van der Waals surface area contributed by atoms with Gasteiger partial charge in [-0.3, -0.25) is 4.98 Å². The van der Waals surface area contributed by atoms with Gasteiger partial charge in [0.2, 0.25) is 0 Å². The molecule has 2 aromatic rings. The highest BCUT2D eigenvalue weighted by Crippen LogP contribution is 2.20. The first-order valence-electron chi connectivity index (χ1n) is 7.78. The van der Waals surface area contributed by atoms with Crippen molar-refractivity contribution in [3.05, 3.63) is 59.2 Å². The summed E-state index contributed by atoms with van der Waals surface area (Å²) in [4.78, 5) is 4.07. The summed E-state index contributed by atoms with van der Waals surface area (Å²) in [5.41, 5.74) is 1.24. The molecule has 128 valence electrons. The fourth-order valence-corrected chi connectivity index (χ4v) is 2.62. The van der Waals surface area contributed by atoms with Crippen molar-refractivity contribution >= 4 is 0 Å². The number of halogens is 3. The Morgan fingerprint density at radius 3 is 2.71 bits per heavy atom. The van der Waals surface area contributed by atoms with Crippen LogP contribution in [0.25, 0.3) is 0 Å². The number of aromatic nitrogens is 1. The molecule has 1 fully saturated rings. The van der Waals surface area contributed by atoms with Gasteiger partial charge in [-0.25, -0.2) is 13.2 Å². The van der Waals surface area contributed by atoms with Gasteiger partial charge in [-0.05, 0) is 36.7 Å². The lowest BCUT2D eigenvalue weighted by atomic mass is 10.2. The third kappa shape index (κ3) is 4.04. The molecular formula is C17H18F3N3O. The fraction of sp³-hybridized carbons (Fsp3) is 0.353. The molecule has 1 atom stereocenters. The molecule has 2 heterocycles. The first-order valence-corrected chi connectivity index (χ1v) is 7.78. The summed E-state index contributed by atoms with van der Waals surface area (Å²) in [6.45, 7) is 2.38. The van der Waals surface area contributed by atoms with Crippen molar-refractivity contribution in [3.63, 3.8) is 0 Å². The maximum atomic E-state index is 13.2. The van der Waals surface area contributed by atoms with E-state index >= 15 is 0 Å². The highest BCUT2D eigenvalue weighted by atomic mass is 19.2. The van der Waals surface area contributed by atoms with E-state index in [1.807, 2.05) is 6.07 Å². The predicted octanol–water partition coefficient (Wildman–Crippen LogP) is 2.53. The molecule has 0 aliphatic carbocycles. The lowest BCUT2D eigenvalue weighted by Crippen LogP contribution is -2.21. The molecule has 3 rings (SSSR count). The van der Waals surface area contributed by atoms with E-state index in [9.17, 15) is 13.2 Å². The number of rotatable bonds is 6. The number of nitrogens with one attached hydrogen (secondary N) is 2. The summed E-state index contributed by atoms with van der Waals surface area (Å²) in [6, 6.07) is 3.80. The van der Waals surface area contributed by atoms with E-state index in [1.165, 1.54) is 0 Å². The van der Waals surface area contributed by atoms with E-state index in [0.29, 0.717) is 17.9 Å². The lowest BCUT2D eigenvalue weighted by Gasteiger charge is -2.16. The molecular weight excluding hydrogens is 319 g/mol. The molecule has 1 aliphatic heterocycles. The second kappa shape index (κ2) is 7.63. The molecule has 1 aromatic carbocycles. The number of benzene rings is 1. The van der Waals surface area contributed by atoms with E-state index in [2.05, 4.69) is 15.6 Å². The predicted molar refractivity (Wildman–Crippen MR) is 83.0 cm³/mol. The molecule has 0 unspecified atom stereocenters. The molecule has 24 heavy (non-hydrogen) atoms. The van der Waals surface area contributed by atoms with Crippen molar-refractivity contribution in [2.24, 2.45) is 0 Å². The number of hydrogen-bond acceptors (Lipinski definition) is 4. The molecule has 0 saturated carbocycles. The Morgan fingerprint density at radius 1 is 1.21 bits per heavy atom. The van der Waals surface area contributed by atoms with Gasteiger partial charge < -0.3 is 15.4 Å². The lowest BCUT2D eigenvalue weighted by molar-refractivity contribution is 0.219. The van der Waals surface area contributed by atoms with Gasteiger partial charge in [-0.15, -0.1) is 0 Å². The zero-order valence-electron chi connectivity index (χ0n) is 13.0. The maximum Gasteiger partial charge on any atom is 0.194 e. The zero-order chi connectivity index (χ0) is 16.9. The summed E-state index contributed by atoms with van der Waals surface area (Å²) in [6.07, 6.45) is 4.38. The van der Waals surface area contributed by atoms with Crippen LogP contribution < -0.4 is 15.4 Å². The normalized spacial score (nSPS) is 17.2. The smallest absolute Gasteiger partial charge is 0.194 e. The quantitative estimate of drug-likeness (QED) is 0.795. The Labute approximate surface area is 138 Å². The molecule has 2 N–H and O–H groups in total. The van der Waals surface area contributed by atoms with Crippen molar-refractivity contribution in [2.45, 2.75) is 25.6 Å². The molecule has 1 aromatic heterocycles. The van der Waals surface area contributed by atoms with Crippen molar-refractivity contribution < 1.29 is 17.9 Å².